The van der Waals surface area contributed by atoms with E-state index in [-0.39, 0.29) is 5.91 Å². The fraction of sp³-hybridized carbons (Fsp3) is 0.375. The van der Waals surface area contributed by atoms with Crippen LogP contribution in [0.15, 0.2) is 60.0 Å². The highest BCUT2D eigenvalue weighted by Crippen LogP contribution is 2.18. The second-order valence-corrected chi connectivity index (χ2v) is 8.95. The minimum atomic E-state index is -0.0580. The predicted octanol–water partition coefficient (Wildman–Crippen LogP) is 3.16. The van der Waals surface area contributed by atoms with E-state index in [9.17, 15) is 4.79 Å². The summed E-state index contributed by atoms with van der Waals surface area (Å²) in [4.78, 5) is 21.6. The third-order valence-corrected chi connectivity index (χ3v) is 6.73. The molecule has 32 heavy (non-hydrogen) atoms. The average molecular weight is 451 g/mol. The van der Waals surface area contributed by atoms with Crippen molar-refractivity contribution in [1.82, 2.24) is 30.3 Å². The molecule has 0 aliphatic carbocycles. The topological polar surface area (TPSA) is 77.2 Å². The molecule has 2 heterocycles. The Bertz CT molecular complexity index is 967. The van der Waals surface area contributed by atoms with Crippen LogP contribution in [0.3, 0.4) is 0 Å². The van der Waals surface area contributed by atoms with Crippen LogP contribution in [0.4, 0.5) is 0 Å². The van der Waals surface area contributed by atoms with Gasteiger partial charge in [-0.05, 0) is 35.4 Å². The Morgan fingerprint density at radius 2 is 1.62 bits per heavy atom. The first-order valence-corrected chi connectivity index (χ1v) is 12.1. The van der Waals surface area contributed by atoms with Crippen LogP contribution in [-0.2, 0) is 18.8 Å². The van der Waals surface area contributed by atoms with Crippen LogP contribution < -0.4 is 5.32 Å². The molecule has 1 aliphatic rings. The summed E-state index contributed by atoms with van der Waals surface area (Å²) in [7, 11) is 0. The molecule has 1 aromatic heterocycles. The zero-order chi connectivity index (χ0) is 22.2. The molecule has 0 atom stereocenters. The lowest BCUT2D eigenvalue weighted by atomic mass is 10.1. The van der Waals surface area contributed by atoms with Gasteiger partial charge in [0.1, 0.15) is 6.33 Å². The first kappa shape index (κ1) is 22.5. The van der Waals surface area contributed by atoms with E-state index < -0.39 is 0 Å². The summed E-state index contributed by atoms with van der Waals surface area (Å²) in [6.45, 7) is 9.45. The van der Waals surface area contributed by atoms with Crippen LogP contribution in [0.1, 0.15) is 34.0 Å². The van der Waals surface area contributed by atoms with Crippen molar-refractivity contribution in [2.75, 3.05) is 32.7 Å². The molecule has 1 aliphatic heterocycles. The maximum absolute atomic E-state index is 12.5. The van der Waals surface area contributed by atoms with Crippen molar-refractivity contribution in [2.24, 2.45) is 0 Å². The molecule has 2 aromatic carbocycles. The normalized spacial score (nSPS) is 15.0. The van der Waals surface area contributed by atoms with Crippen molar-refractivity contribution in [3.63, 3.8) is 0 Å². The molecule has 0 saturated carbocycles. The SMILES string of the molecule is CCN1CCN(Cc2ccc(CNC(=O)c3ccc(CSc4ncn[nH]4)cc3)cc2)CC1. The Hall–Kier alpha value is -2.68. The molecule has 0 spiro atoms. The number of carbonyl (C=O) groups is 1. The summed E-state index contributed by atoms with van der Waals surface area (Å²) in [5.74, 6) is 0.717. The summed E-state index contributed by atoms with van der Waals surface area (Å²) >= 11 is 1.58. The molecule has 8 heteroatoms. The average Bonchev–Trinajstić information content (AvgIpc) is 3.37. The molecule has 4 rings (SSSR count). The number of thioether (sulfide) groups is 1. The maximum atomic E-state index is 12.5. The van der Waals surface area contributed by atoms with Gasteiger partial charge in [-0.3, -0.25) is 14.8 Å². The Kier molecular flexibility index (Phi) is 7.92. The number of amides is 1. The molecule has 1 saturated heterocycles. The Balaban J connectivity index is 1.21. The molecule has 0 unspecified atom stereocenters. The van der Waals surface area contributed by atoms with E-state index in [1.165, 1.54) is 11.9 Å². The van der Waals surface area contributed by atoms with Gasteiger partial charge in [0.25, 0.3) is 5.91 Å². The Labute approximate surface area is 193 Å². The smallest absolute Gasteiger partial charge is 0.251 e. The predicted molar refractivity (Wildman–Crippen MR) is 127 cm³/mol. The van der Waals surface area contributed by atoms with Crippen molar-refractivity contribution in [1.29, 1.82) is 0 Å². The number of likely N-dealkylation sites (N-methyl/N-ethyl adjacent to an activating group) is 1. The summed E-state index contributed by atoms with van der Waals surface area (Å²) < 4.78 is 0. The van der Waals surface area contributed by atoms with Gasteiger partial charge < -0.3 is 10.2 Å². The van der Waals surface area contributed by atoms with Crippen molar-refractivity contribution >= 4 is 17.7 Å². The van der Waals surface area contributed by atoms with E-state index in [1.807, 2.05) is 24.3 Å². The van der Waals surface area contributed by atoms with E-state index in [0.29, 0.717) is 12.1 Å². The molecule has 3 aromatic rings. The number of benzene rings is 2. The first-order chi connectivity index (χ1) is 15.7. The minimum Gasteiger partial charge on any atom is -0.348 e. The number of nitrogens with one attached hydrogen (secondary N) is 2. The van der Waals surface area contributed by atoms with Gasteiger partial charge in [-0.1, -0.05) is 55.1 Å². The fourth-order valence-electron chi connectivity index (χ4n) is 3.74. The number of nitrogens with zero attached hydrogens (tertiary/aromatic N) is 4. The van der Waals surface area contributed by atoms with Crippen LogP contribution in [-0.4, -0.2) is 63.6 Å². The number of hydrogen-bond acceptors (Lipinski definition) is 6. The van der Waals surface area contributed by atoms with Gasteiger partial charge in [0.15, 0.2) is 5.16 Å². The monoisotopic (exact) mass is 450 g/mol. The van der Waals surface area contributed by atoms with Crippen molar-refractivity contribution < 1.29 is 4.79 Å². The third kappa shape index (κ3) is 6.41. The van der Waals surface area contributed by atoms with Gasteiger partial charge in [0.05, 0.1) is 0 Å². The van der Waals surface area contributed by atoms with E-state index in [2.05, 4.69) is 61.5 Å². The second-order valence-electron chi connectivity index (χ2n) is 7.99. The van der Waals surface area contributed by atoms with Crippen molar-refractivity contribution in [3.8, 4) is 0 Å². The summed E-state index contributed by atoms with van der Waals surface area (Å²) in [6.07, 6.45) is 1.50. The first-order valence-electron chi connectivity index (χ1n) is 11.1. The molecule has 2 N–H and O–H groups in total. The highest BCUT2D eigenvalue weighted by atomic mass is 32.2. The summed E-state index contributed by atoms with van der Waals surface area (Å²) in [5.41, 5.74) is 4.23. The largest absolute Gasteiger partial charge is 0.348 e. The maximum Gasteiger partial charge on any atom is 0.251 e. The highest BCUT2D eigenvalue weighted by Gasteiger charge is 2.15. The summed E-state index contributed by atoms with van der Waals surface area (Å²) in [5, 5.41) is 10.5. The fourth-order valence-corrected chi connectivity index (χ4v) is 4.47. The van der Waals surface area contributed by atoms with Crippen LogP contribution in [0, 0.1) is 0 Å². The number of carbonyl (C=O) groups excluding carboxylic acids is 1. The van der Waals surface area contributed by atoms with Crippen molar-refractivity contribution in [3.05, 3.63) is 77.1 Å². The number of aromatic amines is 1. The summed E-state index contributed by atoms with van der Waals surface area (Å²) in [6, 6.07) is 16.3. The lowest BCUT2D eigenvalue weighted by Crippen LogP contribution is -2.45. The highest BCUT2D eigenvalue weighted by molar-refractivity contribution is 7.98. The van der Waals surface area contributed by atoms with Crippen LogP contribution in [0.25, 0.3) is 0 Å². The zero-order valence-corrected chi connectivity index (χ0v) is 19.3. The van der Waals surface area contributed by atoms with E-state index in [4.69, 9.17) is 0 Å². The van der Waals surface area contributed by atoms with Gasteiger partial charge in [-0.15, -0.1) is 0 Å². The second kappa shape index (κ2) is 11.3. The third-order valence-electron chi connectivity index (χ3n) is 5.78. The van der Waals surface area contributed by atoms with E-state index in [0.717, 1.165) is 61.3 Å². The van der Waals surface area contributed by atoms with E-state index in [1.54, 1.807) is 11.8 Å². The lowest BCUT2D eigenvalue weighted by Gasteiger charge is -2.34. The van der Waals surface area contributed by atoms with Gasteiger partial charge in [0, 0.05) is 50.6 Å². The Morgan fingerprint density at radius 1 is 0.969 bits per heavy atom. The van der Waals surface area contributed by atoms with E-state index >= 15 is 0 Å². The number of hydrogen-bond donors (Lipinski definition) is 2. The molecule has 0 bridgehead atoms. The van der Waals surface area contributed by atoms with Crippen LogP contribution >= 0.6 is 11.8 Å². The molecule has 1 fully saturated rings. The zero-order valence-electron chi connectivity index (χ0n) is 18.5. The standard InChI is InChI=1S/C24H30N6OS/c1-2-29-11-13-30(14-12-29)16-20-5-3-19(4-6-20)15-25-23(31)22-9-7-21(8-10-22)17-32-24-26-18-27-28-24/h3-10,18H,2,11-17H2,1H3,(H,25,31)(H,26,27,28). The Morgan fingerprint density at radius 3 is 2.28 bits per heavy atom. The molecule has 1 amide bonds. The lowest BCUT2D eigenvalue weighted by molar-refractivity contribution is 0.0951. The van der Waals surface area contributed by atoms with Gasteiger partial charge >= 0.3 is 0 Å². The number of H-pyrrole nitrogens is 1. The van der Waals surface area contributed by atoms with Crippen molar-refractivity contribution in [2.45, 2.75) is 30.9 Å². The number of rotatable bonds is 9. The molecular weight excluding hydrogens is 420 g/mol. The quantitative estimate of drug-likeness (QED) is 0.488. The minimum absolute atomic E-state index is 0.0580. The van der Waals surface area contributed by atoms with Crippen LogP contribution in [0.5, 0.6) is 0 Å². The van der Waals surface area contributed by atoms with Gasteiger partial charge in [0.2, 0.25) is 0 Å². The number of piperazine rings is 1. The molecule has 0 radical (unpaired) electrons. The van der Waals surface area contributed by atoms with Gasteiger partial charge in [-0.25, -0.2) is 4.98 Å². The molecule has 7 nitrogen and oxygen atoms in total. The van der Waals surface area contributed by atoms with Crippen LogP contribution in [0.2, 0.25) is 0 Å². The molecular formula is C24H30N6OS. The van der Waals surface area contributed by atoms with Gasteiger partial charge in [-0.2, -0.15) is 5.10 Å². The molecule has 168 valence electrons. The number of aromatic nitrogens is 3.